The fourth-order valence-electron chi connectivity index (χ4n) is 1.65. The Morgan fingerprint density at radius 2 is 1.88 bits per heavy atom. The van der Waals surface area contributed by atoms with Crippen LogP contribution in [0.5, 0.6) is 0 Å². The van der Waals surface area contributed by atoms with Gasteiger partial charge in [0.05, 0.1) is 0 Å². The van der Waals surface area contributed by atoms with Crippen LogP contribution in [0, 0.1) is 5.41 Å². The predicted molar refractivity (Wildman–Crippen MR) is 75.2 cm³/mol. The van der Waals surface area contributed by atoms with Gasteiger partial charge in [0.25, 0.3) is 0 Å². The molecule has 1 unspecified atom stereocenters. The highest BCUT2D eigenvalue weighted by Gasteiger charge is 2.15. The van der Waals surface area contributed by atoms with E-state index >= 15 is 0 Å². The normalized spacial score (nSPS) is 13.6. The Balaban J connectivity index is 2.27. The van der Waals surface area contributed by atoms with E-state index < -0.39 is 10.8 Å². The van der Waals surface area contributed by atoms with Gasteiger partial charge in [0.15, 0.2) is 0 Å². The van der Waals surface area contributed by atoms with Gasteiger partial charge >= 0.3 is 0 Å². The summed E-state index contributed by atoms with van der Waals surface area (Å²) in [5.74, 6) is 1.45. The van der Waals surface area contributed by atoms with Gasteiger partial charge in [-0.15, -0.1) is 0 Å². The first kappa shape index (κ1) is 14.4. The first-order chi connectivity index (χ1) is 8.03. The highest BCUT2D eigenvalue weighted by Crippen LogP contribution is 2.20. The van der Waals surface area contributed by atoms with Crippen LogP contribution < -0.4 is 5.73 Å². The highest BCUT2D eigenvalue weighted by atomic mass is 32.2. The summed E-state index contributed by atoms with van der Waals surface area (Å²) in [7, 11) is -0.748. The molecular weight excluding hydrogens is 230 g/mol. The summed E-state index contributed by atoms with van der Waals surface area (Å²) < 4.78 is 11.9. The van der Waals surface area contributed by atoms with Crippen molar-refractivity contribution < 1.29 is 4.21 Å². The molecule has 0 fully saturated rings. The van der Waals surface area contributed by atoms with E-state index in [1.54, 1.807) is 0 Å². The van der Waals surface area contributed by atoms with E-state index in [0.29, 0.717) is 12.3 Å². The van der Waals surface area contributed by atoms with Gasteiger partial charge in [-0.2, -0.15) is 0 Å². The van der Waals surface area contributed by atoms with Gasteiger partial charge in [0.1, 0.15) is 0 Å². The van der Waals surface area contributed by atoms with Crippen molar-refractivity contribution in [3.63, 3.8) is 0 Å². The van der Waals surface area contributed by atoms with Crippen molar-refractivity contribution in [3.05, 3.63) is 35.9 Å². The molecule has 3 heteroatoms. The molecule has 17 heavy (non-hydrogen) atoms. The zero-order valence-corrected chi connectivity index (χ0v) is 11.6. The monoisotopic (exact) mass is 253 g/mol. The number of nitrogens with two attached hydrogens (primary N) is 1. The average molecular weight is 253 g/mol. The van der Waals surface area contributed by atoms with Crippen LogP contribution in [0.2, 0.25) is 0 Å². The van der Waals surface area contributed by atoms with Crippen molar-refractivity contribution in [1.82, 2.24) is 0 Å². The van der Waals surface area contributed by atoms with E-state index in [1.165, 1.54) is 0 Å². The molecule has 2 N–H and O–H groups in total. The van der Waals surface area contributed by atoms with Gasteiger partial charge in [-0.05, 0) is 30.4 Å². The lowest BCUT2D eigenvalue weighted by atomic mass is 9.88. The fraction of sp³-hybridized carbons (Fsp3) is 0.571. The van der Waals surface area contributed by atoms with Crippen LogP contribution >= 0.6 is 0 Å². The van der Waals surface area contributed by atoms with Gasteiger partial charge in [0.2, 0.25) is 0 Å². The van der Waals surface area contributed by atoms with E-state index in [2.05, 4.69) is 13.8 Å². The van der Waals surface area contributed by atoms with Gasteiger partial charge in [-0.3, -0.25) is 4.21 Å². The molecular formula is C14H23NOS. The lowest BCUT2D eigenvalue weighted by Gasteiger charge is -2.21. The molecule has 1 atom stereocenters. The minimum atomic E-state index is -0.748. The van der Waals surface area contributed by atoms with E-state index in [4.69, 9.17) is 5.73 Å². The van der Waals surface area contributed by atoms with Crippen molar-refractivity contribution in [1.29, 1.82) is 0 Å². The third kappa shape index (κ3) is 5.99. The van der Waals surface area contributed by atoms with E-state index in [0.717, 1.165) is 24.2 Å². The molecule has 0 aliphatic heterocycles. The van der Waals surface area contributed by atoms with E-state index in [9.17, 15) is 4.21 Å². The van der Waals surface area contributed by atoms with Crippen molar-refractivity contribution in [2.24, 2.45) is 11.1 Å². The Morgan fingerprint density at radius 1 is 1.24 bits per heavy atom. The first-order valence-electron chi connectivity index (χ1n) is 6.12. The molecule has 0 aliphatic carbocycles. The minimum absolute atomic E-state index is 0.178. The predicted octanol–water partition coefficient (Wildman–Crippen LogP) is 2.70. The molecule has 0 saturated carbocycles. The maximum absolute atomic E-state index is 11.9. The Bertz CT molecular complexity index is 348. The molecule has 0 heterocycles. The summed E-state index contributed by atoms with van der Waals surface area (Å²) in [4.78, 5) is 0. The SMILES string of the molecule is CC(C)(CN)CCCS(=O)Cc1ccccc1. The molecule has 0 radical (unpaired) electrons. The van der Waals surface area contributed by atoms with E-state index in [-0.39, 0.29) is 5.41 Å². The van der Waals surface area contributed by atoms with Gasteiger partial charge < -0.3 is 5.73 Å². The third-order valence-electron chi connectivity index (χ3n) is 2.95. The zero-order valence-electron chi connectivity index (χ0n) is 10.8. The lowest BCUT2D eigenvalue weighted by molar-refractivity contribution is 0.344. The third-order valence-corrected chi connectivity index (χ3v) is 4.35. The fourth-order valence-corrected chi connectivity index (χ4v) is 2.82. The molecule has 1 rings (SSSR count). The number of hydrogen-bond acceptors (Lipinski definition) is 2. The second-order valence-corrected chi connectivity index (χ2v) is 6.82. The van der Waals surface area contributed by atoms with Gasteiger partial charge in [0, 0.05) is 22.3 Å². The summed E-state index contributed by atoms with van der Waals surface area (Å²) in [6.45, 7) is 5.01. The molecule has 2 nitrogen and oxygen atoms in total. The molecule has 0 aromatic heterocycles. The van der Waals surface area contributed by atoms with Crippen LogP contribution in [0.4, 0.5) is 0 Å². The Labute approximate surface area is 107 Å². The first-order valence-corrected chi connectivity index (χ1v) is 7.61. The largest absolute Gasteiger partial charge is 0.330 e. The zero-order chi connectivity index (χ0) is 12.7. The summed E-state index contributed by atoms with van der Waals surface area (Å²) >= 11 is 0. The number of rotatable bonds is 7. The van der Waals surface area contributed by atoms with Crippen LogP contribution in [-0.4, -0.2) is 16.5 Å². The molecule has 0 saturated heterocycles. The van der Waals surface area contributed by atoms with Crippen LogP contribution in [0.3, 0.4) is 0 Å². The van der Waals surface area contributed by atoms with Crippen molar-refractivity contribution >= 4 is 10.8 Å². The highest BCUT2D eigenvalue weighted by molar-refractivity contribution is 7.84. The van der Waals surface area contributed by atoms with Crippen LogP contribution in [0.15, 0.2) is 30.3 Å². The number of benzene rings is 1. The lowest BCUT2D eigenvalue weighted by Crippen LogP contribution is -2.23. The summed E-state index contributed by atoms with van der Waals surface area (Å²) in [6.07, 6.45) is 2.04. The summed E-state index contributed by atoms with van der Waals surface area (Å²) in [5, 5.41) is 0. The summed E-state index contributed by atoms with van der Waals surface area (Å²) in [6, 6.07) is 10.0. The Hall–Kier alpha value is -0.670. The van der Waals surface area contributed by atoms with Crippen molar-refractivity contribution in [3.8, 4) is 0 Å². The minimum Gasteiger partial charge on any atom is -0.330 e. The second-order valence-electron chi connectivity index (χ2n) is 5.25. The maximum atomic E-state index is 11.9. The van der Waals surface area contributed by atoms with Crippen molar-refractivity contribution in [2.75, 3.05) is 12.3 Å². The van der Waals surface area contributed by atoms with Crippen LogP contribution in [0.1, 0.15) is 32.3 Å². The molecule has 1 aromatic rings. The van der Waals surface area contributed by atoms with Gasteiger partial charge in [-0.25, -0.2) is 0 Å². The number of hydrogen-bond donors (Lipinski definition) is 1. The topological polar surface area (TPSA) is 43.1 Å². The van der Waals surface area contributed by atoms with Crippen LogP contribution in [-0.2, 0) is 16.6 Å². The molecule has 0 bridgehead atoms. The van der Waals surface area contributed by atoms with E-state index in [1.807, 2.05) is 30.3 Å². The standard InChI is InChI=1S/C14H23NOS/c1-14(2,12-15)9-6-10-17(16)11-13-7-4-3-5-8-13/h3-5,7-8H,6,9-12,15H2,1-2H3. The quantitative estimate of drug-likeness (QED) is 0.812. The van der Waals surface area contributed by atoms with Crippen LogP contribution in [0.25, 0.3) is 0 Å². The Morgan fingerprint density at radius 3 is 2.47 bits per heavy atom. The second kappa shape index (κ2) is 6.92. The van der Waals surface area contributed by atoms with Gasteiger partial charge in [-0.1, -0.05) is 44.2 Å². The smallest absolute Gasteiger partial charge is 0.0485 e. The molecule has 1 aromatic carbocycles. The Kier molecular flexibility index (Phi) is 5.86. The molecule has 0 amide bonds. The molecule has 96 valence electrons. The molecule has 0 spiro atoms. The van der Waals surface area contributed by atoms with Crippen molar-refractivity contribution in [2.45, 2.75) is 32.4 Å². The average Bonchev–Trinajstić information content (AvgIpc) is 2.30. The maximum Gasteiger partial charge on any atom is 0.0485 e. The summed E-state index contributed by atoms with van der Waals surface area (Å²) in [5.41, 5.74) is 7.00. The molecule has 0 aliphatic rings.